The molecule has 1 aromatic rings. The lowest BCUT2D eigenvalue weighted by atomic mass is 10.1. The third-order valence-electron chi connectivity index (χ3n) is 2.98. The summed E-state index contributed by atoms with van der Waals surface area (Å²) in [6.07, 6.45) is -1.17. The van der Waals surface area contributed by atoms with E-state index in [9.17, 15) is 13.2 Å². The van der Waals surface area contributed by atoms with Crippen molar-refractivity contribution in [2.75, 3.05) is 6.61 Å². The van der Waals surface area contributed by atoms with Crippen LogP contribution in [-0.2, 0) is 11.5 Å². The molecule has 1 fully saturated rings. The smallest absolute Gasteiger partial charge is 0.419 e. The molecule has 0 spiro atoms. The van der Waals surface area contributed by atoms with Crippen LogP contribution in [-0.4, -0.2) is 6.61 Å². The molecule has 0 unspecified atom stereocenters. The Morgan fingerprint density at radius 3 is 2.56 bits per heavy atom. The van der Waals surface area contributed by atoms with E-state index in [1.165, 1.54) is 18.9 Å². The minimum Gasteiger partial charge on any atom is -0.493 e. The first kappa shape index (κ1) is 13.7. The van der Waals surface area contributed by atoms with Gasteiger partial charge in [0.05, 0.1) is 12.2 Å². The summed E-state index contributed by atoms with van der Waals surface area (Å²) in [7, 11) is 0. The Labute approximate surface area is 112 Å². The highest BCUT2D eigenvalue weighted by Gasteiger charge is 2.34. The van der Waals surface area contributed by atoms with Gasteiger partial charge < -0.3 is 4.74 Å². The van der Waals surface area contributed by atoms with Gasteiger partial charge >= 0.3 is 6.18 Å². The van der Waals surface area contributed by atoms with Gasteiger partial charge in [-0.05, 0) is 30.0 Å². The molecule has 0 amide bonds. The Morgan fingerprint density at radius 2 is 2.00 bits per heavy atom. The fraction of sp³-hybridized carbons (Fsp3) is 0.538. The maximum Gasteiger partial charge on any atom is 0.419 e. The summed E-state index contributed by atoms with van der Waals surface area (Å²) < 4.78 is 43.9. The van der Waals surface area contributed by atoms with Crippen LogP contribution in [0.4, 0.5) is 13.2 Å². The monoisotopic (exact) mass is 322 g/mol. The van der Waals surface area contributed by atoms with Crippen LogP contribution in [0.3, 0.4) is 0 Å². The molecule has 0 N–H and O–H groups in total. The summed E-state index contributed by atoms with van der Waals surface area (Å²) in [4.78, 5) is 0. The van der Waals surface area contributed by atoms with Crippen molar-refractivity contribution in [2.24, 2.45) is 5.92 Å². The Hall–Kier alpha value is -0.710. The number of rotatable bonds is 5. The van der Waals surface area contributed by atoms with Crippen LogP contribution in [0.2, 0.25) is 0 Å². The Morgan fingerprint density at radius 1 is 1.28 bits per heavy atom. The molecule has 0 bridgehead atoms. The highest BCUT2D eigenvalue weighted by atomic mass is 79.9. The minimum atomic E-state index is -4.37. The normalized spacial score (nSPS) is 15.8. The molecule has 1 aliphatic rings. The molecular formula is C13H14BrF3O. The first-order chi connectivity index (χ1) is 8.50. The average Bonchev–Trinajstić information content (AvgIpc) is 3.12. The molecule has 2 rings (SSSR count). The van der Waals surface area contributed by atoms with E-state index in [0.717, 1.165) is 12.5 Å². The van der Waals surface area contributed by atoms with Gasteiger partial charge in [0, 0.05) is 5.33 Å². The van der Waals surface area contributed by atoms with Crippen LogP contribution >= 0.6 is 15.9 Å². The van der Waals surface area contributed by atoms with Crippen molar-refractivity contribution in [3.63, 3.8) is 0 Å². The Balaban J connectivity index is 2.10. The zero-order chi connectivity index (χ0) is 13.2. The number of alkyl halides is 4. The van der Waals surface area contributed by atoms with E-state index in [2.05, 4.69) is 15.9 Å². The zero-order valence-electron chi connectivity index (χ0n) is 9.77. The molecule has 100 valence electrons. The topological polar surface area (TPSA) is 9.23 Å². The molecule has 0 aromatic heterocycles. The van der Waals surface area contributed by atoms with Crippen molar-refractivity contribution in [1.82, 2.24) is 0 Å². The maximum atomic E-state index is 12.9. The summed E-state index contributed by atoms with van der Waals surface area (Å²) in [5.74, 6) is 0.592. The average molecular weight is 323 g/mol. The highest BCUT2D eigenvalue weighted by molar-refractivity contribution is 9.08. The van der Waals surface area contributed by atoms with Gasteiger partial charge in [0.15, 0.2) is 0 Å². The molecule has 1 aliphatic carbocycles. The van der Waals surface area contributed by atoms with E-state index in [-0.39, 0.29) is 5.75 Å². The lowest BCUT2D eigenvalue weighted by Gasteiger charge is -2.14. The van der Waals surface area contributed by atoms with Gasteiger partial charge in [0.1, 0.15) is 5.75 Å². The van der Waals surface area contributed by atoms with Crippen molar-refractivity contribution < 1.29 is 17.9 Å². The predicted molar refractivity (Wildman–Crippen MR) is 66.9 cm³/mol. The second kappa shape index (κ2) is 5.51. The molecule has 0 radical (unpaired) electrons. The fourth-order valence-corrected chi connectivity index (χ4v) is 2.10. The number of hydrogen-bond acceptors (Lipinski definition) is 1. The first-order valence-electron chi connectivity index (χ1n) is 5.89. The molecule has 1 saturated carbocycles. The third kappa shape index (κ3) is 3.64. The van der Waals surface area contributed by atoms with Crippen LogP contribution < -0.4 is 4.74 Å². The van der Waals surface area contributed by atoms with Crippen LogP contribution in [0.15, 0.2) is 18.2 Å². The first-order valence-corrected chi connectivity index (χ1v) is 7.01. The van der Waals surface area contributed by atoms with E-state index >= 15 is 0 Å². The van der Waals surface area contributed by atoms with Crippen LogP contribution in [0.1, 0.15) is 30.4 Å². The second-order valence-electron chi connectivity index (χ2n) is 4.54. The quantitative estimate of drug-likeness (QED) is 0.709. The minimum absolute atomic E-state index is 0.0622. The molecular weight excluding hydrogens is 309 g/mol. The fourth-order valence-electron chi connectivity index (χ4n) is 1.75. The third-order valence-corrected chi connectivity index (χ3v) is 3.63. The van der Waals surface area contributed by atoms with Gasteiger partial charge in [-0.1, -0.05) is 34.8 Å². The zero-order valence-corrected chi connectivity index (χ0v) is 11.4. The summed E-state index contributed by atoms with van der Waals surface area (Å²) in [6.45, 7) is 0.363. The number of halogens is 4. The van der Waals surface area contributed by atoms with Crippen molar-refractivity contribution in [3.8, 4) is 5.75 Å². The highest BCUT2D eigenvalue weighted by Crippen LogP contribution is 2.38. The maximum absolute atomic E-state index is 12.9. The van der Waals surface area contributed by atoms with Gasteiger partial charge in [-0.15, -0.1) is 0 Å². The van der Waals surface area contributed by atoms with E-state index in [4.69, 9.17) is 4.74 Å². The van der Waals surface area contributed by atoms with Crippen LogP contribution in [0.25, 0.3) is 0 Å². The van der Waals surface area contributed by atoms with Crippen LogP contribution in [0.5, 0.6) is 5.75 Å². The molecule has 1 aromatic carbocycles. The summed E-state index contributed by atoms with van der Waals surface area (Å²) in [6, 6.07) is 4.20. The number of ether oxygens (including phenoxy) is 1. The van der Waals surface area contributed by atoms with Crippen molar-refractivity contribution in [3.05, 3.63) is 29.3 Å². The molecule has 0 atom stereocenters. The Kier molecular flexibility index (Phi) is 4.20. The SMILES string of the molecule is FC(F)(F)c1cc(CBr)ccc1OCCC1CC1. The van der Waals surface area contributed by atoms with Gasteiger partial charge in [0.2, 0.25) is 0 Å². The van der Waals surface area contributed by atoms with E-state index < -0.39 is 11.7 Å². The van der Waals surface area contributed by atoms with Crippen molar-refractivity contribution in [2.45, 2.75) is 30.8 Å². The predicted octanol–water partition coefficient (Wildman–Crippen LogP) is 4.78. The largest absolute Gasteiger partial charge is 0.493 e. The summed E-state index contributed by atoms with van der Waals surface area (Å²) in [5.41, 5.74) is -0.0906. The van der Waals surface area contributed by atoms with Gasteiger partial charge in [-0.3, -0.25) is 0 Å². The summed E-state index contributed by atoms with van der Waals surface area (Å²) in [5, 5.41) is 0.401. The van der Waals surface area contributed by atoms with Gasteiger partial charge in [-0.2, -0.15) is 13.2 Å². The standard InChI is InChI=1S/C13H14BrF3O/c14-8-10-3-4-12(11(7-10)13(15,16)17)18-6-5-9-1-2-9/h3-4,7,9H,1-2,5-6,8H2. The van der Waals surface area contributed by atoms with E-state index in [1.54, 1.807) is 6.07 Å². The molecule has 18 heavy (non-hydrogen) atoms. The van der Waals surface area contributed by atoms with Gasteiger partial charge in [-0.25, -0.2) is 0 Å². The lowest BCUT2D eigenvalue weighted by Crippen LogP contribution is -2.10. The Bertz CT molecular complexity index is 413. The second-order valence-corrected chi connectivity index (χ2v) is 5.10. The van der Waals surface area contributed by atoms with Crippen molar-refractivity contribution >= 4 is 15.9 Å². The van der Waals surface area contributed by atoms with E-state index in [1.807, 2.05) is 0 Å². The molecule has 1 nitrogen and oxygen atoms in total. The summed E-state index contributed by atoms with van der Waals surface area (Å²) >= 11 is 3.15. The van der Waals surface area contributed by atoms with E-state index in [0.29, 0.717) is 23.4 Å². The van der Waals surface area contributed by atoms with Crippen molar-refractivity contribution in [1.29, 1.82) is 0 Å². The molecule has 5 heteroatoms. The molecule has 0 saturated heterocycles. The molecule has 0 aliphatic heterocycles. The number of benzene rings is 1. The van der Waals surface area contributed by atoms with Crippen LogP contribution in [0, 0.1) is 5.92 Å². The molecule has 0 heterocycles. The number of hydrogen-bond donors (Lipinski definition) is 0. The lowest BCUT2D eigenvalue weighted by molar-refractivity contribution is -0.139. The van der Waals surface area contributed by atoms with Gasteiger partial charge in [0.25, 0.3) is 0 Å².